The second-order valence-electron chi connectivity index (χ2n) is 5.56. The second-order valence-corrected chi connectivity index (χ2v) is 5.56. The van der Waals surface area contributed by atoms with Crippen molar-refractivity contribution in [1.82, 2.24) is 4.90 Å². The first-order valence-electron chi connectivity index (χ1n) is 7.04. The van der Waals surface area contributed by atoms with Gasteiger partial charge in [-0.3, -0.25) is 4.90 Å². The zero-order valence-electron chi connectivity index (χ0n) is 11.4. The predicted molar refractivity (Wildman–Crippen MR) is 73.4 cm³/mol. The fraction of sp³-hybridized carbons (Fsp3) is 0.600. The van der Waals surface area contributed by atoms with Crippen molar-refractivity contribution >= 4 is 0 Å². The summed E-state index contributed by atoms with van der Waals surface area (Å²) in [5.74, 6) is 0. The Labute approximate surface area is 117 Å². The van der Waals surface area contributed by atoms with Gasteiger partial charge in [0.15, 0.2) is 0 Å². The molecule has 0 saturated heterocycles. The molecule has 0 aliphatic heterocycles. The standard InChI is InChI=1S/C15H21F3N2/c16-15(17,18)11-20(14-8-9-14)10-13(19)7-6-12-4-2-1-3-5-12/h1-5,13-14H,6-11,19H2. The highest BCUT2D eigenvalue weighted by atomic mass is 19.4. The van der Waals surface area contributed by atoms with Crippen LogP contribution in [0.1, 0.15) is 24.8 Å². The molecule has 112 valence electrons. The third-order valence-electron chi connectivity index (χ3n) is 3.56. The molecule has 2 N–H and O–H groups in total. The molecule has 1 aliphatic rings. The fourth-order valence-electron chi connectivity index (χ4n) is 2.40. The second kappa shape index (κ2) is 6.59. The van der Waals surface area contributed by atoms with Crippen LogP contribution in [0.5, 0.6) is 0 Å². The minimum absolute atomic E-state index is 0.0828. The van der Waals surface area contributed by atoms with E-state index in [1.54, 1.807) is 0 Å². The molecule has 1 aliphatic carbocycles. The summed E-state index contributed by atoms with van der Waals surface area (Å²) < 4.78 is 37.5. The normalized spacial score (nSPS) is 17.4. The lowest BCUT2D eigenvalue weighted by atomic mass is 10.1. The van der Waals surface area contributed by atoms with Crippen molar-refractivity contribution in [2.45, 2.75) is 43.9 Å². The highest BCUT2D eigenvalue weighted by Gasteiger charge is 2.38. The number of rotatable bonds is 7. The van der Waals surface area contributed by atoms with Gasteiger partial charge in [-0.1, -0.05) is 30.3 Å². The van der Waals surface area contributed by atoms with Crippen LogP contribution in [0, 0.1) is 0 Å². The number of halogens is 3. The highest BCUT2D eigenvalue weighted by Crippen LogP contribution is 2.30. The van der Waals surface area contributed by atoms with Gasteiger partial charge in [-0.25, -0.2) is 0 Å². The van der Waals surface area contributed by atoms with Crippen molar-refractivity contribution in [3.05, 3.63) is 35.9 Å². The Hall–Kier alpha value is -1.07. The third-order valence-corrected chi connectivity index (χ3v) is 3.56. The quantitative estimate of drug-likeness (QED) is 0.835. The molecule has 1 aromatic carbocycles. The molecule has 5 heteroatoms. The molecule has 2 nitrogen and oxygen atoms in total. The molecular weight excluding hydrogens is 265 g/mol. The van der Waals surface area contributed by atoms with Gasteiger partial charge < -0.3 is 5.73 Å². The summed E-state index contributed by atoms with van der Waals surface area (Å²) in [6.07, 6.45) is -0.887. The number of hydrogen-bond acceptors (Lipinski definition) is 2. The zero-order valence-corrected chi connectivity index (χ0v) is 11.4. The van der Waals surface area contributed by atoms with Crippen LogP contribution in [0.25, 0.3) is 0 Å². The average molecular weight is 286 g/mol. The van der Waals surface area contributed by atoms with Crippen LogP contribution >= 0.6 is 0 Å². The Morgan fingerprint density at radius 3 is 2.40 bits per heavy atom. The van der Waals surface area contributed by atoms with Crippen molar-refractivity contribution in [2.75, 3.05) is 13.1 Å². The minimum atomic E-state index is -4.14. The van der Waals surface area contributed by atoms with Crippen molar-refractivity contribution in [1.29, 1.82) is 0 Å². The van der Waals surface area contributed by atoms with Crippen LogP contribution in [0.4, 0.5) is 13.2 Å². The lowest BCUT2D eigenvalue weighted by molar-refractivity contribution is -0.147. The van der Waals surface area contributed by atoms with Crippen LogP contribution in [0.15, 0.2) is 30.3 Å². The van der Waals surface area contributed by atoms with Crippen molar-refractivity contribution in [3.63, 3.8) is 0 Å². The molecule has 20 heavy (non-hydrogen) atoms. The first kappa shape index (κ1) is 15.3. The predicted octanol–water partition coefficient (Wildman–Crippen LogP) is 2.97. The van der Waals surface area contributed by atoms with Gasteiger partial charge in [-0.2, -0.15) is 13.2 Å². The molecular formula is C15H21F3N2. The van der Waals surface area contributed by atoms with Gasteiger partial charge in [-0.05, 0) is 31.2 Å². The first-order valence-corrected chi connectivity index (χ1v) is 7.04. The van der Waals surface area contributed by atoms with Gasteiger partial charge >= 0.3 is 6.18 Å². The molecule has 0 radical (unpaired) electrons. The molecule has 0 amide bonds. The van der Waals surface area contributed by atoms with Crippen molar-refractivity contribution in [3.8, 4) is 0 Å². The van der Waals surface area contributed by atoms with Gasteiger partial charge in [0.1, 0.15) is 0 Å². The molecule has 0 aromatic heterocycles. The fourth-order valence-corrected chi connectivity index (χ4v) is 2.40. The van der Waals surface area contributed by atoms with E-state index >= 15 is 0 Å². The summed E-state index contributed by atoms with van der Waals surface area (Å²) in [7, 11) is 0. The summed E-state index contributed by atoms with van der Waals surface area (Å²) in [6.45, 7) is -0.506. The maximum atomic E-state index is 12.5. The van der Waals surface area contributed by atoms with E-state index in [9.17, 15) is 13.2 Å². The Morgan fingerprint density at radius 2 is 1.85 bits per heavy atom. The third kappa shape index (κ3) is 5.51. The number of nitrogens with two attached hydrogens (primary N) is 1. The van der Waals surface area contributed by atoms with Crippen LogP contribution < -0.4 is 5.73 Å². The lowest BCUT2D eigenvalue weighted by Crippen LogP contribution is -2.43. The zero-order chi connectivity index (χ0) is 14.6. The Balaban J connectivity index is 1.78. The van der Waals surface area contributed by atoms with Gasteiger partial charge in [0.25, 0.3) is 0 Å². The summed E-state index contributed by atoms with van der Waals surface area (Å²) in [4.78, 5) is 1.50. The number of alkyl halides is 3. The van der Waals surface area contributed by atoms with Crippen LogP contribution in [-0.2, 0) is 6.42 Å². The molecule has 0 spiro atoms. The molecule has 1 unspecified atom stereocenters. The molecule has 2 rings (SSSR count). The van der Waals surface area contributed by atoms with E-state index in [1.165, 1.54) is 10.5 Å². The summed E-state index contributed by atoms with van der Waals surface area (Å²) in [5, 5.41) is 0. The van der Waals surface area contributed by atoms with E-state index in [-0.39, 0.29) is 12.1 Å². The largest absolute Gasteiger partial charge is 0.401 e. The van der Waals surface area contributed by atoms with Crippen LogP contribution in [-0.4, -0.2) is 36.2 Å². The molecule has 0 heterocycles. The number of aryl methyl sites for hydroxylation is 1. The Bertz CT molecular complexity index is 401. The minimum Gasteiger partial charge on any atom is -0.327 e. The van der Waals surface area contributed by atoms with E-state index in [4.69, 9.17) is 5.73 Å². The topological polar surface area (TPSA) is 29.3 Å². The Kier molecular flexibility index (Phi) is 5.05. The molecule has 0 bridgehead atoms. The summed E-state index contributed by atoms with van der Waals surface area (Å²) in [6, 6.07) is 9.77. The SMILES string of the molecule is NC(CCc1ccccc1)CN(CC(F)(F)F)C1CC1. The van der Waals surface area contributed by atoms with E-state index in [2.05, 4.69) is 0 Å². The van der Waals surface area contributed by atoms with Gasteiger partial charge in [0.05, 0.1) is 6.54 Å². The maximum Gasteiger partial charge on any atom is 0.401 e. The number of benzene rings is 1. The first-order chi connectivity index (χ1) is 9.44. The number of hydrogen-bond donors (Lipinski definition) is 1. The summed E-state index contributed by atoms with van der Waals surface area (Å²) in [5.41, 5.74) is 7.18. The average Bonchev–Trinajstić information content (AvgIpc) is 3.19. The molecule has 1 aromatic rings. The summed E-state index contributed by atoms with van der Waals surface area (Å²) >= 11 is 0. The smallest absolute Gasteiger partial charge is 0.327 e. The number of nitrogens with zero attached hydrogens (tertiary/aromatic N) is 1. The molecule has 1 atom stereocenters. The van der Waals surface area contributed by atoms with Gasteiger partial charge in [-0.15, -0.1) is 0 Å². The van der Waals surface area contributed by atoms with E-state index in [1.807, 2.05) is 30.3 Å². The van der Waals surface area contributed by atoms with Crippen molar-refractivity contribution in [2.24, 2.45) is 5.73 Å². The van der Waals surface area contributed by atoms with E-state index in [0.717, 1.165) is 19.3 Å². The molecule has 1 saturated carbocycles. The maximum absolute atomic E-state index is 12.5. The van der Waals surface area contributed by atoms with Gasteiger partial charge in [0.2, 0.25) is 0 Å². The van der Waals surface area contributed by atoms with E-state index in [0.29, 0.717) is 13.0 Å². The van der Waals surface area contributed by atoms with Crippen LogP contribution in [0.2, 0.25) is 0 Å². The van der Waals surface area contributed by atoms with Gasteiger partial charge in [0, 0.05) is 18.6 Å². The monoisotopic (exact) mass is 286 g/mol. The molecule has 1 fully saturated rings. The van der Waals surface area contributed by atoms with Crippen molar-refractivity contribution < 1.29 is 13.2 Å². The lowest BCUT2D eigenvalue weighted by Gasteiger charge is -2.26. The van der Waals surface area contributed by atoms with Crippen LogP contribution in [0.3, 0.4) is 0 Å². The van der Waals surface area contributed by atoms with E-state index < -0.39 is 12.7 Å². The highest BCUT2D eigenvalue weighted by molar-refractivity contribution is 5.14. The Morgan fingerprint density at radius 1 is 1.20 bits per heavy atom.